The lowest BCUT2D eigenvalue weighted by molar-refractivity contribution is 0.324. The summed E-state index contributed by atoms with van der Waals surface area (Å²) in [5.41, 5.74) is 1.69. The number of halogens is 1. The number of nitrogens with zero attached hydrogens (tertiary/aromatic N) is 4. The number of hydrogen-bond acceptors (Lipinski definition) is 8. The van der Waals surface area contributed by atoms with Crippen molar-refractivity contribution in [2.75, 3.05) is 27.1 Å². The minimum Gasteiger partial charge on any atom is -0.493 e. The smallest absolute Gasteiger partial charge is 0.212 e. The molecule has 0 saturated heterocycles. The van der Waals surface area contributed by atoms with Crippen molar-refractivity contribution in [2.45, 2.75) is 5.16 Å². The summed E-state index contributed by atoms with van der Waals surface area (Å²) in [4.78, 5) is 1.03. The van der Waals surface area contributed by atoms with Crippen molar-refractivity contribution < 1.29 is 14.2 Å². The second kappa shape index (κ2) is 7.41. The van der Waals surface area contributed by atoms with Crippen LogP contribution in [0.4, 0.5) is 0 Å². The first-order valence-corrected chi connectivity index (χ1v) is 10.0. The number of hydrogen-bond donors (Lipinski definition) is 0. The van der Waals surface area contributed by atoms with Crippen LogP contribution in [0.2, 0.25) is 4.34 Å². The molecule has 27 heavy (non-hydrogen) atoms. The number of benzene rings is 1. The number of rotatable bonds is 5. The fourth-order valence-corrected chi connectivity index (χ4v) is 4.65. The molecule has 7 nitrogen and oxygen atoms in total. The van der Waals surface area contributed by atoms with Crippen LogP contribution in [-0.4, -0.2) is 47.7 Å². The maximum absolute atomic E-state index is 6.07. The Morgan fingerprint density at radius 3 is 2.37 bits per heavy atom. The highest BCUT2D eigenvalue weighted by atomic mass is 35.5. The zero-order valence-electron chi connectivity index (χ0n) is 14.7. The Hall–Kier alpha value is -2.23. The molecule has 0 aliphatic carbocycles. The van der Waals surface area contributed by atoms with Crippen molar-refractivity contribution in [3.8, 4) is 28.6 Å². The zero-order chi connectivity index (χ0) is 19.0. The summed E-state index contributed by atoms with van der Waals surface area (Å²) >= 11 is 9.15. The molecule has 140 valence electrons. The molecule has 0 fully saturated rings. The summed E-state index contributed by atoms with van der Waals surface area (Å²) in [5.74, 6) is 2.92. The first kappa shape index (κ1) is 18.1. The van der Waals surface area contributed by atoms with Gasteiger partial charge < -0.3 is 14.2 Å². The van der Waals surface area contributed by atoms with Crippen LogP contribution in [0.15, 0.2) is 34.5 Å². The van der Waals surface area contributed by atoms with Gasteiger partial charge in [-0.2, -0.15) is 9.78 Å². The molecule has 0 spiro atoms. The van der Waals surface area contributed by atoms with E-state index in [4.69, 9.17) is 30.9 Å². The predicted octanol–water partition coefficient (Wildman–Crippen LogP) is 4.04. The third kappa shape index (κ3) is 3.26. The zero-order valence-corrected chi connectivity index (χ0v) is 17.1. The molecule has 1 aliphatic heterocycles. The quantitative estimate of drug-likeness (QED) is 0.617. The lowest BCUT2D eigenvalue weighted by Gasteiger charge is -2.15. The van der Waals surface area contributed by atoms with E-state index in [0.717, 1.165) is 25.6 Å². The Kier molecular flexibility index (Phi) is 4.98. The number of thioether (sulfide) groups is 1. The SMILES string of the molecule is COc1cc(-c2nnc3n2N=C(c2ccc(Cl)s2)CS3)cc(OC)c1OC. The molecule has 0 atom stereocenters. The monoisotopic (exact) mass is 422 g/mol. The highest BCUT2D eigenvalue weighted by Crippen LogP contribution is 2.41. The van der Waals surface area contributed by atoms with Crippen LogP contribution in [0.1, 0.15) is 4.88 Å². The first-order valence-electron chi connectivity index (χ1n) is 7.86. The van der Waals surface area contributed by atoms with E-state index >= 15 is 0 Å². The van der Waals surface area contributed by atoms with Gasteiger partial charge >= 0.3 is 0 Å². The molecule has 0 saturated carbocycles. The Balaban J connectivity index is 1.82. The normalized spacial score (nSPS) is 13.1. The molecule has 0 bridgehead atoms. The standard InChI is InChI=1S/C17H15ClN4O3S2/c1-23-11-6-9(7-12(24-2)15(11)25-3)16-19-20-17-22(16)21-10(8-26-17)13-4-5-14(18)27-13/h4-7H,8H2,1-3H3. The molecule has 10 heteroatoms. The van der Waals surface area contributed by atoms with E-state index in [0.29, 0.717) is 28.8 Å². The van der Waals surface area contributed by atoms with Gasteiger partial charge in [0.2, 0.25) is 10.9 Å². The average Bonchev–Trinajstić information content (AvgIpc) is 3.32. The first-order chi connectivity index (χ1) is 13.1. The van der Waals surface area contributed by atoms with Gasteiger partial charge in [0, 0.05) is 11.3 Å². The average molecular weight is 423 g/mol. The van der Waals surface area contributed by atoms with Crippen molar-refractivity contribution in [3.05, 3.63) is 33.5 Å². The van der Waals surface area contributed by atoms with Crippen LogP contribution in [0.5, 0.6) is 17.2 Å². The fourth-order valence-electron chi connectivity index (χ4n) is 2.71. The van der Waals surface area contributed by atoms with Crippen molar-refractivity contribution in [1.29, 1.82) is 0 Å². The third-order valence-electron chi connectivity index (χ3n) is 3.95. The number of thiophene rings is 1. The lowest BCUT2D eigenvalue weighted by atomic mass is 10.1. The van der Waals surface area contributed by atoms with Crippen molar-refractivity contribution in [1.82, 2.24) is 14.9 Å². The number of fused-ring (bicyclic) bond motifs is 1. The van der Waals surface area contributed by atoms with Crippen LogP contribution in [0.3, 0.4) is 0 Å². The van der Waals surface area contributed by atoms with Crippen molar-refractivity contribution in [2.24, 2.45) is 5.10 Å². The molecule has 1 aliphatic rings. The van der Waals surface area contributed by atoms with Crippen molar-refractivity contribution in [3.63, 3.8) is 0 Å². The maximum atomic E-state index is 6.07. The van der Waals surface area contributed by atoms with Gasteiger partial charge in [0.15, 0.2) is 17.3 Å². The second-order valence-electron chi connectivity index (χ2n) is 5.47. The van der Waals surface area contributed by atoms with Gasteiger partial charge in [-0.25, -0.2) is 0 Å². The van der Waals surface area contributed by atoms with E-state index in [-0.39, 0.29) is 0 Å². The highest BCUT2D eigenvalue weighted by Gasteiger charge is 2.23. The predicted molar refractivity (Wildman–Crippen MR) is 107 cm³/mol. The molecule has 2 aromatic heterocycles. The van der Waals surface area contributed by atoms with Gasteiger partial charge in [-0.05, 0) is 24.3 Å². The second-order valence-corrected chi connectivity index (χ2v) is 8.13. The minimum atomic E-state index is 0.522. The topological polar surface area (TPSA) is 70.8 Å². The molecule has 0 N–H and O–H groups in total. The van der Waals surface area contributed by atoms with E-state index < -0.39 is 0 Å². The molecular formula is C17H15ClN4O3S2. The molecule has 0 radical (unpaired) electrons. The molecule has 3 heterocycles. The van der Waals surface area contributed by atoms with E-state index in [2.05, 4.69) is 10.2 Å². The van der Waals surface area contributed by atoms with Crippen LogP contribution < -0.4 is 14.2 Å². The molecule has 0 amide bonds. The Labute approximate surface area is 168 Å². The highest BCUT2D eigenvalue weighted by molar-refractivity contribution is 7.99. The molecular weight excluding hydrogens is 408 g/mol. The Morgan fingerprint density at radius 1 is 1.04 bits per heavy atom. The van der Waals surface area contributed by atoms with Gasteiger partial charge in [-0.15, -0.1) is 21.5 Å². The summed E-state index contributed by atoms with van der Waals surface area (Å²) in [5, 5.41) is 14.0. The van der Waals surface area contributed by atoms with Crippen LogP contribution >= 0.6 is 34.7 Å². The summed E-state index contributed by atoms with van der Waals surface area (Å²) in [6.07, 6.45) is 0. The number of aromatic nitrogens is 3. The van der Waals surface area contributed by atoms with Crippen molar-refractivity contribution >= 4 is 40.4 Å². The largest absolute Gasteiger partial charge is 0.493 e. The van der Waals surface area contributed by atoms with E-state index in [1.165, 1.54) is 11.3 Å². The number of methoxy groups -OCH3 is 3. The van der Waals surface area contributed by atoms with Crippen LogP contribution in [0, 0.1) is 0 Å². The molecule has 4 rings (SSSR count). The van der Waals surface area contributed by atoms with E-state index in [9.17, 15) is 0 Å². The minimum absolute atomic E-state index is 0.522. The van der Waals surface area contributed by atoms with Crippen LogP contribution in [-0.2, 0) is 0 Å². The van der Waals surface area contributed by atoms with Gasteiger partial charge in [0.1, 0.15) is 0 Å². The Bertz CT molecular complexity index is 1010. The summed E-state index contributed by atoms with van der Waals surface area (Å²) in [6.45, 7) is 0. The summed E-state index contributed by atoms with van der Waals surface area (Å²) in [6, 6.07) is 7.50. The molecule has 3 aromatic rings. The molecule has 0 unspecified atom stereocenters. The van der Waals surface area contributed by atoms with Crippen LogP contribution in [0.25, 0.3) is 11.4 Å². The fraction of sp³-hybridized carbons (Fsp3) is 0.235. The van der Waals surface area contributed by atoms with Gasteiger partial charge in [0.25, 0.3) is 0 Å². The Morgan fingerprint density at radius 2 is 1.78 bits per heavy atom. The molecule has 1 aromatic carbocycles. The van der Waals surface area contributed by atoms with E-state index in [1.807, 2.05) is 24.3 Å². The third-order valence-corrected chi connectivity index (χ3v) is 6.16. The van der Waals surface area contributed by atoms with Gasteiger partial charge in [-0.1, -0.05) is 23.4 Å². The van der Waals surface area contributed by atoms with E-state index in [1.54, 1.807) is 37.8 Å². The van der Waals surface area contributed by atoms with Gasteiger partial charge in [0.05, 0.1) is 36.3 Å². The van der Waals surface area contributed by atoms with Gasteiger partial charge in [-0.3, -0.25) is 0 Å². The summed E-state index contributed by atoms with van der Waals surface area (Å²) < 4.78 is 18.7. The lowest BCUT2D eigenvalue weighted by Crippen LogP contribution is -2.12. The number of ether oxygens (including phenoxy) is 3. The summed E-state index contributed by atoms with van der Waals surface area (Å²) in [7, 11) is 4.72. The maximum Gasteiger partial charge on any atom is 0.212 e.